The molecular formula is C10H10ClN5O3. The molecule has 0 aliphatic rings. The Morgan fingerprint density at radius 2 is 2.37 bits per heavy atom. The van der Waals surface area contributed by atoms with Crippen LogP contribution < -0.4 is 5.73 Å². The highest BCUT2D eigenvalue weighted by atomic mass is 35.5. The molecule has 1 unspecified atom stereocenters. The van der Waals surface area contributed by atoms with Crippen LogP contribution in [-0.4, -0.2) is 38.4 Å². The molecule has 2 rings (SSSR count). The lowest BCUT2D eigenvalue weighted by atomic mass is 10.1. The Morgan fingerprint density at radius 1 is 1.58 bits per heavy atom. The molecule has 1 aromatic heterocycles. The molecule has 1 aromatic carbocycles. The maximum absolute atomic E-state index is 10.7. The van der Waals surface area contributed by atoms with Crippen LogP contribution in [0.3, 0.4) is 0 Å². The lowest BCUT2D eigenvalue weighted by Gasteiger charge is -2.15. The van der Waals surface area contributed by atoms with E-state index in [0.29, 0.717) is 22.0 Å². The fourth-order valence-corrected chi connectivity index (χ4v) is 1.76. The van der Waals surface area contributed by atoms with Gasteiger partial charge in [0.2, 0.25) is 0 Å². The third-order valence-corrected chi connectivity index (χ3v) is 2.72. The van der Waals surface area contributed by atoms with Gasteiger partial charge in [0.15, 0.2) is 11.9 Å². The number of carbonyl (C=O) groups is 1. The minimum atomic E-state index is -0.975. The molecule has 0 bridgehead atoms. The highest BCUT2D eigenvalue weighted by Gasteiger charge is 2.17. The number of carbonyl (C=O) groups excluding carboxylic acids is 1. The first-order valence-corrected chi connectivity index (χ1v) is 5.60. The zero-order chi connectivity index (χ0) is 13.8. The van der Waals surface area contributed by atoms with E-state index in [2.05, 4.69) is 20.6 Å². The molecule has 1 amide bonds. The average Bonchev–Trinajstić information content (AvgIpc) is 2.90. The van der Waals surface area contributed by atoms with Crippen LogP contribution >= 0.6 is 11.6 Å². The minimum Gasteiger partial charge on any atom is -0.439 e. The van der Waals surface area contributed by atoms with Gasteiger partial charge in [0, 0.05) is 5.56 Å². The van der Waals surface area contributed by atoms with Gasteiger partial charge in [0.1, 0.15) is 0 Å². The maximum atomic E-state index is 10.7. The van der Waals surface area contributed by atoms with Gasteiger partial charge < -0.3 is 15.6 Å². The Bertz CT molecular complexity index is 575. The van der Waals surface area contributed by atoms with Crippen molar-refractivity contribution in [3.8, 4) is 11.4 Å². The van der Waals surface area contributed by atoms with Gasteiger partial charge in [0.05, 0.1) is 11.6 Å². The van der Waals surface area contributed by atoms with Gasteiger partial charge in [-0.25, -0.2) is 9.89 Å². The van der Waals surface area contributed by atoms with Crippen LogP contribution in [0.5, 0.6) is 0 Å². The summed E-state index contributed by atoms with van der Waals surface area (Å²) >= 11 is 6.03. The number of benzene rings is 1. The van der Waals surface area contributed by atoms with Crippen molar-refractivity contribution < 1.29 is 14.6 Å². The SMILES string of the molecule is NC(=O)OC(CO)c1ccc(Cl)c(-c2nnn[nH]2)c1. The number of tetrazole rings is 1. The number of aliphatic hydroxyl groups is 1. The molecule has 2 aromatic rings. The van der Waals surface area contributed by atoms with Crippen LogP contribution in [0.1, 0.15) is 11.7 Å². The number of nitrogens with one attached hydrogen (secondary N) is 1. The summed E-state index contributed by atoms with van der Waals surface area (Å²) in [5, 5.41) is 22.8. The zero-order valence-electron chi connectivity index (χ0n) is 9.58. The molecule has 9 heteroatoms. The van der Waals surface area contributed by atoms with E-state index in [9.17, 15) is 9.90 Å². The summed E-state index contributed by atoms with van der Waals surface area (Å²) in [4.78, 5) is 10.7. The Labute approximate surface area is 112 Å². The number of aromatic nitrogens is 4. The molecule has 0 radical (unpaired) electrons. The van der Waals surface area contributed by atoms with Gasteiger partial charge in [-0.3, -0.25) is 0 Å². The number of halogens is 1. The molecule has 8 nitrogen and oxygen atoms in total. The summed E-state index contributed by atoms with van der Waals surface area (Å²) in [7, 11) is 0. The molecule has 0 fully saturated rings. The van der Waals surface area contributed by atoms with Gasteiger partial charge >= 0.3 is 6.09 Å². The number of nitrogens with two attached hydrogens (primary N) is 1. The fraction of sp³-hybridized carbons (Fsp3) is 0.200. The van der Waals surface area contributed by atoms with Crippen molar-refractivity contribution in [3.63, 3.8) is 0 Å². The van der Waals surface area contributed by atoms with Crippen molar-refractivity contribution in [2.24, 2.45) is 5.73 Å². The van der Waals surface area contributed by atoms with E-state index < -0.39 is 18.8 Å². The van der Waals surface area contributed by atoms with Gasteiger partial charge in [-0.2, -0.15) is 0 Å². The number of hydrogen-bond acceptors (Lipinski definition) is 6. The van der Waals surface area contributed by atoms with Crippen molar-refractivity contribution in [2.45, 2.75) is 6.10 Å². The van der Waals surface area contributed by atoms with Crippen LogP contribution in [0.4, 0.5) is 4.79 Å². The maximum Gasteiger partial charge on any atom is 0.405 e. The quantitative estimate of drug-likeness (QED) is 0.756. The fourth-order valence-electron chi connectivity index (χ4n) is 1.55. The molecular weight excluding hydrogens is 274 g/mol. The van der Waals surface area contributed by atoms with E-state index in [-0.39, 0.29) is 0 Å². The van der Waals surface area contributed by atoms with Crippen LogP contribution in [-0.2, 0) is 4.74 Å². The predicted molar refractivity (Wildman–Crippen MR) is 65.1 cm³/mol. The molecule has 0 saturated heterocycles. The summed E-state index contributed by atoms with van der Waals surface area (Å²) < 4.78 is 4.78. The predicted octanol–water partition coefficient (Wildman–Crippen LogP) is 0.649. The third kappa shape index (κ3) is 2.98. The van der Waals surface area contributed by atoms with Crippen molar-refractivity contribution in [1.29, 1.82) is 0 Å². The van der Waals surface area contributed by atoms with Gasteiger partial charge in [-0.15, -0.1) is 5.10 Å². The Morgan fingerprint density at radius 3 is 2.95 bits per heavy atom. The van der Waals surface area contributed by atoms with E-state index in [0.717, 1.165) is 0 Å². The smallest absolute Gasteiger partial charge is 0.405 e. The summed E-state index contributed by atoms with van der Waals surface area (Å²) in [6.07, 6.45) is -1.85. The number of primary amides is 1. The third-order valence-electron chi connectivity index (χ3n) is 2.39. The highest BCUT2D eigenvalue weighted by Crippen LogP contribution is 2.29. The number of aliphatic hydroxyl groups excluding tert-OH is 1. The molecule has 0 aliphatic heterocycles. The largest absolute Gasteiger partial charge is 0.439 e. The van der Waals surface area contributed by atoms with E-state index in [1.54, 1.807) is 18.2 Å². The second kappa shape index (κ2) is 5.63. The van der Waals surface area contributed by atoms with E-state index >= 15 is 0 Å². The summed E-state index contributed by atoms with van der Waals surface area (Å²) in [5.41, 5.74) is 5.98. The first kappa shape index (κ1) is 13.2. The second-order valence-electron chi connectivity index (χ2n) is 3.60. The average molecular weight is 284 g/mol. The molecule has 0 aliphatic carbocycles. The lowest BCUT2D eigenvalue weighted by molar-refractivity contribution is 0.0633. The molecule has 4 N–H and O–H groups in total. The number of nitrogens with zero attached hydrogens (tertiary/aromatic N) is 3. The van der Waals surface area contributed by atoms with Gasteiger partial charge in [-0.05, 0) is 28.1 Å². The van der Waals surface area contributed by atoms with Crippen LogP contribution in [0, 0.1) is 0 Å². The standard InChI is InChI=1S/C10H10ClN5O3/c11-7-2-1-5(8(4-17)19-10(12)18)3-6(7)9-13-15-16-14-9/h1-3,8,17H,4H2,(H2,12,18)(H,13,14,15,16). The Balaban J connectivity index is 2.37. The Kier molecular flexibility index (Phi) is 3.93. The molecule has 0 saturated carbocycles. The number of ether oxygens (including phenoxy) is 1. The normalized spacial score (nSPS) is 12.1. The molecule has 100 valence electrons. The number of amides is 1. The summed E-state index contributed by atoms with van der Waals surface area (Å²) in [6, 6.07) is 4.80. The van der Waals surface area contributed by atoms with Crippen LogP contribution in [0.15, 0.2) is 18.2 Å². The first-order chi connectivity index (χ1) is 9.11. The lowest BCUT2D eigenvalue weighted by Crippen LogP contribution is -2.19. The topological polar surface area (TPSA) is 127 Å². The molecule has 1 atom stereocenters. The molecule has 0 spiro atoms. The van der Waals surface area contributed by atoms with Crippen LogP contribution in [0.25, 0.3) is 11.4 Å². The van der Waals surface area contributed by atoms with E-state index in [1.165, 1.54) is 0 Å². The van der Waals surface area contributed by atoms with Crippen molar-refractivity contribution in [1.82, 2.24) is 20.6 Å². The monoisotopic (exact) mass is 283 g/mol. The molecule has 1 heterocycles. The Hall–Kier alpha value is -2.19. The molecule has 19 heavy (non-hydrogen) atoms. The van der Waals surface area contributed by atoms with Crippen LogP contribution in [0.2, 0.25) is 5.02 Å². The number of rotatable bonds is 4. The van der Waals surface area contributed by atoms with Crippen molar-refractivity contribution >= 4 is 17.7 Å². The van der Waals surface area contributed by atoms with Crippen molar-refractivity contribution in [2.75, 3.05) is 6.61 Å². The van der Waals surface area contributed by atoms with E-state index in [1.807, 2.05) is 0 Å². The van der Waals surface area contributed by atoms with Gasteiger partial charge in [0.25, 0.3) is 0 Å². The number of hydrogen-bond donors (Lipinski definition) is 3. The van der Waals surface area contributed by atoms with E-state index in [4.69, 9.17) is 22.1 Å². The second-order valence-corrected chi connectivity index (χ2v) is 4.00. The van der Waals surface area contributed by atoms with Crippen molar-refractivity contribution in [3.05, 3.63) is 28.8 Å². The number of aromatic amines is 1. The first-order valence-electron chi connectivity index (χ1n) is 5.22. The summed E-state index contributed by atoms with van der Waals surface area (Å²) in [6.45, 7) is -0.404. The number of H-pyrrole nitrogens is 1. The minimum absolute atomic E-state index is 0.364. The zero-order valence-corrected chi connectivity index (χ0v) is 10.3. The highest BCUT2D eigenvalue weighted by molar-refractivity contribution is 6.33. The summed E-state index contributed by atoms with van der Waals surface area (Å²) in [5.74, 6) is 0.364. The van der Waals surface area contributed by atoms with Gasteiger partial charge in [-0.1, -0.05) is 17.7 Å².